The molecule has 17 heavy (non-hydrogen) atoms. The Balaban J connectivity index is 2.25. The molecule has 0 aliphatic rings. The summed E-state index contributed by atoms with van der Waals surface area (Å²) in [6, 6.07) is 7.54. The van der Waals surface area contributed by atoms with Crippen LogP contribution in [0.15, 0.2) is 36.7 Å². The van der Waals surface area contributed by atoms with Crippen LogP contribution in [0, 0.1) is 0 Å². The minimum absolute atomic E-state index is 0.0321. The first-order chi connectivity index (χ1) is 8.09. The van der Waals surface area contributed by atoms with E-state index in [1.54, 1.807) is 6.07 Å². The van der Waals surface area contributed by atoms with Crippen LogP contribution in [0.3, 0.4) is 0 Å². The van der Waals surface area contributed by atoms with E-state index in [0.717, 1.165) is 5.56 Å². The summed E-state index contributed by atoms with van der Waals surface area (Å²) in [5.74, 6) is 0. The Kier molecular flexibility index (Phi) is 3.87. The lowest BCUT2D eigenvalue weighted by Gasteiger charge is -2.18. The number of nitrogens with one attached hydrogen (secondary N) is 1. The topological polar surface area (TPSA) is 17.0 Å². The van der Waals surface area contributed by atoms with Crippen molar-refractivity contribution in [3.63, 3.8) is 0 Å². The van der Waals surface area contributed by atoms with E-state index >= 15 is 0 Å². The van der Waals surface area contributed by atoms with Crippen LogP contribution in [0.2, 0.25) is 15.1 Å². The van der Waals surface area contributed by atoms with Crippen molar-refractivity contribution < 1.29 is 0 Å². The lowest BCUT2D eigenvalue weighted by atomic mass is 10.1. The van der Waals surface area contributed by atoms with Gasteiger partial charge in [0.2, 0.25) is 0 Å². The van der Waals surface area contributed by atoms with E-state index in [1.807, 2.05) is 42.2 Å². The van der Waals surface area contributed by atoms with Gasteiger partial charge in [-0.05, 0) is 30.7 Å². The number of rotatable bonds is 3. The molecule has 0 bridgehead atoms. The molecule has 90 valence electrons. The fourth-order valence-corrected chi connectivity index (χ4v) is 2.30. The minimum Gasteiger partial charge on any atom is -0.319 e. The molecule has 1 aromatic carbocycles. The average molecular weight is 290 g/mol. The maximum absolute atomic E-state index is 6.17. The Hall–Kier alpha value is -0.830. The second-order valence-corrected chi connectivity index (χ2v) is 4.87. The molecule has 1 aromatic heterocycles. The number of hydrogen-bond acceptors (Lipinski definition) is 1. The van der Waals surface area contributed by atoms with E-state index in [2.05, 4.69) is 5.43 Å². The van der Waals surface area contributed by atoms with Crippen molar-refractivity contribution in [1.82, 2.24) is 4.68 Å². The van der Waals surface area contributed by atoms with Gasteiger partial charge in [-0.2, -0.15) is 0 Å². The van der Waals surface area contributed by atoms with Crippen molar-refractivity contribution in [2.75, 3.05) is 5.43 Å². The first-order valence-corrected chi connectivity index (χ1v) is 6.26. The summed E-state index contributed by atoms with van der Waals surface area (Å²) in [6.07, 6.45) is 3.84. The van der Waals surface area contributed by atoms with Crippen molar-refractivity contribution in [2.24, 2.45) is 0 Å². The van der Waals surface area contributed by atoms with Crippen LogP contribution in [0.25, 0.3) is 0 Å². The quantitative estimate of drug-likeness (QED) is 0.807. The summed E-state index contributed by atoms with van der Waals surface area (Å²) in [6.45, 7) is 2.01. The van der Waals surface area contributed by atoms with Crippen molar-refractivity contribution in [2.45, 2.75) is 13.0 Å². The maximum atomic E-state index is 6.17. The SMILES string of the molecule is CC(Nn1cccc1)c1ccc(Cl)c(Cl)c1Cl. The Morgan fingerprint density at radius 2 is 1.71 bits per heavy atom. The zero-order chi connectivity index (χ0) is 12.4. The minimum atomic E-state index is 0.0321. The van der Waals surface area contributed by atoms with E-state index < -0.39 is 0 Å². The molecule has 0 aliphatic carbocycles. The highest BCUT2D eigenvalue weighted by Gasteiger charge is 2.14. The summed E-state index contributed by atoms with van der Waals surface area (Å²) in [7, 11) is 0. The third kappa shape index (κ3) is 2.71. The standard InChI is InChI=1S/C12H11Cl3N2/c1-8(16-17-6-2-3-7-17)9-4-5-10(13)12(15)11(9)14/h2-8,16H,1H3. The normalized spacial score (nSPS) is 12.5. The maximum Gasteiger partial charge on any atom is 0.0782 e. The molecule has 5 heteroatoms. The fraction of sp³-hybridized carbons (Fsp3) is 0.167. The Morgan fingerprint density at radius 3 is 2.35 bits per heavy atom. The van der Waals surface area contributed by atoms with Crippen LogP contribution in [-0.4, -0.2) is 4.68 Å². The van der Waals surface area contributed by atoms with Gasteiger partial charge in [0.05, 0.1) is 21.1 Å². The molecule has 0 radical (unpaired) electrons. The van der Waals surface area contributed by atoms with Crippen molar-refractivity contribution in [3.8, 4) is 0 Å². The zero-order valence-corrected chi connectivity index (χ0v) is 11.4. The third-order valence-electron chi connectivity index (χ3n) is 2.48. The van der Waals surface area contributed by atoms with Crippen LogP contribution >= 0.6 is 34.8 Å². The molecule has 0 saturated carbocycles. The molecule has 1 atom stereocenters. The van der Waals surface area contributed by atoms with Gasteiger partial charge >= 0.3 is 0 Å². The van der Waals surface area contributed by atoms with Gasteiger partial charge in [-0.25, -0.2) is 0 Å². The number of benzene rings is 1. The van der Waals surface area contributed by atoms with Gasteiger partial charge in [-0.1, -0.05) is 40.9 Å². The summed E-state index contributed by atoms with van der Waals surface area (Å²) in [4.78, 5) is 0. The van der Waals surface area contributed by atoms with E-state index in [0.29, 0.717) is 15.1 Å². The summed E-state index contributed by atoms with van der Waals surface area (Å²) in [5.41, 5.74) is 4.17. The predicted molar refractivity (Wildman–Crippen MR) is 73.7 cm³/mol. The largest absolute Gasteiger partial charge is 0.319 e. The second kappa shape index (κ2) is 5.21. The fourth-order valence-electron chi connectivity index (χ4n) is 1.59. The molecule has 0 saturated heterocycles. The number of nitrogens with zero attached hydrogens (tertiary/aromatic N) is 1. The molecule has 2 nitrogen and oxygen atoms in total. The smallest absolute Gasteiger partial charge is 0.0782 e. The van der Waals surface area contributed by atoms with Crippen molar-refractivity contribution in [3.05, 3.63) is 57.3 Å². The molecule has 0 spiro atoms. The summed E-state index contributed by atoms with van der Waals surface area (Å²) >= 11 is 18.1. The Bertz CT molecular complexity index is 509. The molecule has 0 aliphatic heterocycles. The molecule has 0 amide bonds. The molecule has 1 unspecified atom stereocenters. The van der Waals surface area contributed by atoms with Gasteiger partial charge in [-0.3, -0.25) is 4.68 Å². The Labute approximate surface area is 115 Å². The van der Waals surface area contributed by atoms with E-state index in [-0.39, 0.29) is 6.04 Å². The molecular formula is C12H11Cl3N2. The van der Waals surface area contributed by atoms with Gasteiger partial charge in [0, 0.05) is 12.4 Å². The molecule has 0 fully saturated rings. The lowest BCUT2D eigenvalue weighted by Crippen LogP contribution is -2.17. The molecule has 2 aromatic rings. The molecule has 2 rings (SSSR count). The highest BCUT2D eigenvalue weighted by molar-refractivity contribution is 6.48. The van der Waals surface area contributed by atoms with Crippen LogP contribution < -0.4 is 5.43 Å². The number of hydrogen-bond donors (Lipinski definition) is 1. The first-order valence-electron chi connectivity index (χ1n) is 5.12. The van der Waals surface area contributed by atoms with E-state index in [9.17, 15) is 0 Å². The van der Waals surface area contributed by atoms with Gasteiger partial charge in [-0.15, -0.1) is 0 Å². The summed E-state index contributed by atoms with van der Waals surface area (Å²) < 4.78 is 1.86. The predicted octanol–water partition coefficient (Wildman–Crippen LogP) is 4.75. The number of aromatic nitrogens is 1. The second-order valence-electron chi connectivity index (χ2n) is 3.71. The van der Waals surface area contributed by atoms with Crippen LogP contribution in [0.1, 0.15) is 18.5 Å². The summed E-state index contributed by atoms with van der Waals surface area (Å²) in [5, 5.41) is 1.35. The van der Waals surface area contributed by atoms with Gasteiger partial charge in [0.25, 0.3) is 0 Å². The molecular weight excluding hydrogens is 279 g/mol. The highest BCUT2D eigenvalue weighted by Crippen LogP contribution is 2.35. The highest BCUT2D eigenvalue weighted by atomic mass is 35.5. The van der Waals surface area contributed by atoms with Gasteiger partial charge in [0.15, 0.2) is 0 Å². The van der Waals surface area contributed by atoms with E-state index in [4.69, 9.17) is 34.8 Å². The Morgan fingerprint density at radius 1 is 1.06 bits per heavy atom. The molecule has 1 N–H and O–H groups in total. The van der Waals surface area contributed by atoms with Crippen LogP contribution in [-0.2, 0) is 0 Å². The van der Waals surface area contributed by atoms with Gasteiger partial charge < -0.3 is 5.43 Å². The van der Waals surface area contributed by atoms with Crippen molar-refractivity contribution >= 4 is 34.8 Å². The van der Waals surface area contributed by atoms with Crippen LogP contribution in [0.4, 0.5) is 0 Å². The number of halogens is 3. The van der Waals surface area contributed by atoms with Crippen molar-refractivity contribution in [1.29, 1.82) is 0 Å². The van der Waals surface area contributed by atoms with Gasteiger partial charge in [0.1, 0.15) is 0 Å². The average Bonchev–Trinajstić information content (AvgIpc) is 2.78. The first kappa shape index (κ1) is 12.6. The monoisotopic (exact) mass is 288 g/mol. The lowest BCUT2D eigenvalue weighted by molar-refractivity contribution is 0.728. The third-order valence-corrected chi connectivity index (χ3v) is 3.79. The van der Waals surface area contributed by atoms with Crippen LogP contribution in [0.5, 0.6) is 0 Å². The van der Waals surface area contributed by atoms with E-state index in [1.165, 1.54) is 0 Å². The zero-order valence-electron chi connectivity index (χ0n) is 9.12. The molecule has 1 heterocycles.